The molecule has 5 nitrogen and oxygen atoms in total. The van der Waals surface area contributed by atoms with E-state index in [2.05, 4.69) is 10.3 Å². The third kappa shape index (κ3) is 1.74. The molecule has 1 saturated heterocycles. The van der Waals surface area contributed by atoms with Gasteiger partial charge in [-0.25, -0.2) is 4.98 Å². The number of aromatic nitrogens is 2. The van der Waals surface area contributed by atoms with Crippen molar-refractivity contribution >= 4 is 5.97 Å². The first-order valence-corrected chi connectivity index (χ1v) is 4.98. The Morgan fingerprint density at radius 1 is 1.67 bits per heavy atom. The van der Waals surface area contributed by atoms with E-state index in [4.69, 9.17) is 4.74 Å². The fraction of sp³-hybridized carbons (Fsp3) is 0.600. The predicted molar refractivity (Wildman–Crippen MR) is 54.3 cm³/mol. The van der Waals surface area contributed by atoms with E-state index < -0.39 is 0 Å². The molecule has 1 fully saturated rings. The van der Waals surface area contributed by atoms with Crippen molar-refractivity contribution in [2.45, 2.75) is 5.92 Å². The van der Waals surface area contributed by atoms with Crippen molar-refractivity contribution in [1.29, 1.82) is 0 Å². The summed E-state index contributed by atoms with van der Waals surface area (Å²) in [7, 11) is 3.37. The van der Waals surface area contributed by atoms with Crippen LogP contribution in [0.1, 0.15) is 11.6 Å². The number of methoxy groups -OCH3 is 1. The molecule has 0 aliphatic carbocycles. The molecule has 1 aliphatic rings. The predicted octanol–water partition coefficient (Wildman–Crippen LogP) is -0.104. The molecule has 0 aromatic carbocycles. The minimum Gasteiger partial charge on any atom is -0.469 e. The fourth-order valence-electron chi connectivity index (χ4n) is 2.11. The molecule has 0 bridgehead atoms. The smallest absolute Gasteiger partial charge is 0.310 e. The average molecular weight is 209 g/mol. The quantitative estimate of drug-likeness (QED) is 0.691. The number of ether oxygens (including phenoxy) is 1. The first-order chi connectivity index (χ1) is 7.24. The topological polar surface area (TPSA) is 56.1 Å². The Kier molecular flexibility index (Phi) is 2.73. The maximum absolute atomic E-state index is 11.5. The van der Waals surface area contributed by atoms with E-state index in [-0.39, 0.29) is 17.8 Å². The van der Waals surface area contributed by atoms with E-state index in [1.54, 1.807) is 6.33 Å². The van der Waals surface area contributed by atoms with Crippen LogP contribution < -0.4 is 5.32 Å². The van der Waals surface area contributed by atoms with Crippen LogP contribution in [0.3, 0.4) is 0 Å². The summed E-state index contributed by atoms with van der Waals surface area (Å²) in [6, 6.07) is 0. The van der Waals surface area contributed by atoms with Crippen molar-refractivity contribution in [3.8, 4) is 0 Å². The van der Waals surface area contributed by atoms with Gasteiger partial charge in [0.15, 0.2) is 0 Å². The third-order valence-corrected chi connectivity index (χ3v) is 2.95. The van der Waals surface area contributed by atoms with Gasteiger partial charge in [-0.15, -0.1) is 0 Å². The summed E-state index contributed by atoms with van der Waals surface area (Å²) in [6.45, 7) is 1.49. The first kappa shape index (κ1) is 10.2. The number of hydrogen-bond donors (Lipinski definition) is 1. The number of esters is 1. The van der Waals surface area contributed by atoms with E-state index in [0.717, 1.165) is 12.2 Å². The Balaban J connectivity index is 2.22. The number of hydrogen-bond acceptors (Lipinski definition) is 4. The van der Waals surface area contributed by atoms with Gasteiger partial charge in [-0.3, -0.25) is 4.79 Å². The Hall–Kier alpha value is -1.36. The molecule has 15 heavy (non-hydrogen) atoms. The van der Waals surface area contributed by atoms with Crippen molar-refractivity contribution in [2.75, 3.05) is 20.2 Å². The number of carbonyl (C=O) groups is 1. The van der Waals surface area contributed by atoms with Gasteiger partial charge in [0.25, 0.3) is 0 Å². The molecule has 2 rings (SSSR count). The molecule has 2 heterocycles. The lowest BCUT2D eigenvalue weighted by Gasteiger charge is -2.16. The highest BCUT2D eigenvalue weighted by molar-refractivity contribution is 5.74. The van der Waals surface area contributed by atoms with Crippen molar-refractivity contribution in [3.05, 3.63) is 18.2 Å². The first-order valence-electron chi connectivity index (χ1n) is 4.98. The maximum atomic E-state index is 11.5. The van der Waals surface area contributed by atoms with Gasteiger partial charge in [-0.05, 0) is 0 Å². The Morgan fingerprint density at radius 3 is 3.07 bits per heavy atom. The van der Waals surface area contributed by atoms with Gasteiger partial charge >= 0.3 is 5.97 Å². The largest absolute Gasteiger partial charge is 0.469 e. The van der Waals surface area contributed by atoms with Crippen LogP contribution in [0.2, 0.25) is 0 Å². The lowest BCUT2D eigenvalue weighted by molar-refractivity contribution is -0.145. The van der Waals surface area contributed by atoms with E-state index in [9.17, 15) is 4.79 Å². The lowest BCUT2D eigenvalue weighted by Crippen LogP contribution is -2.23. The highest BCUT2D eigenvalue weighted by atomic mass is 16.5. The van der Waals surface area contributed by atoms with E-state index >= 15 is 0 Å². The summed E-state index contributed by atoms with van der Waals surface area (Å²) in [5, 5.41) is 3.21. The number of imidazole rings is 1. The Labute approximate surface area is 88.4 Å². The Morgan fingerprint density at radius 2 is 2.47 bits per heavy atom. The molecule has 82 valence electrons. The highest BCUT2D eigenvalue weighted by Crippen LogP contribution is 2.28. The second-order valence-electron chi connectivity index (χ2n) is 3.82. The Bertz CT molecular complexity index is 361. The van der Waals surface area contributed by atoms with Gasteiger partial charge < -0.3 is 14.6 Å². The normalized spacial score (nSPS) is 25.5. The van der Waals surface area contributed by atoms with Gasteiger partial charge in [0.2, 0.25) is 0 Å². The fourth-order valence-corrected chi connectivity index (χ4v) is 2.11. The third-order valence-electron chi connectivity index (χ3n) is 2.95. The molecule has 0 spiro atoms. The molecule has 1 aromatic heterocycles. The summed E-state index contributed by atoms with van der Waals surface area (Å²) in [5.74, 6) is -0.0680. The van der Waals surface area contributed by atoms with E-state index in [0.29, 0.717) is 6.54 Å². The van der Waals surface area contributed by atoms with Gasteiger partial charge in [0.05, 0.1) is 19.4 Å². The number of nitrogens with zero attached hydrogens (tertiary/aromatic N) is 2. The van der Waals surface area contributed by atoms with Crippen molar-refractivity contribution < 1.29 is 9.53 Å². The molecule has 5 heteroatoms. The molecule has 1 N–H and O–H groups in total. The zero-order chi connectivity index (χ0) is 10.8. The van der Waals surface area contributed by atoms with E-state index in [1.807, 2.05) is 17.8 Å². The standard InChI is InChI=1S/C10H15N3O2/c1-13-6-12-5-9(13)7-3-11-4-8(7)10(14)15-2/h5-8,11H,3-4H2,1-2H3. The zero-order valence-electron chi connectivity index (χ0n) is 8.93. The van der Waals surface area contributed by atoms with Gasteiger partial charge in [-0.2, -0.15) is 0 Å². The molecule has 0 saturated carbocycles. The lowest BCUT2D eigenvalue weighted by atomic mass is 9.93. The van der Waals surface area contributed by atoms with Gasteiger partial charge in [0, 0.05) is 37.9 Å². The molecule has 0 radical (unpaired) electrons. The van der Waals surface area contributed by atoms with Gasteiger partial charge in [0.1, 0.15) is 0 Å². The summed E-state index contributed by atoms with van der Waals surface area (Å²) < 4.78 is 6.75. The second kappa shape index (κ2) is 4.02. The van der Waals surface area contributed by atoms with E-state index in [1.165, 1.54) is 7.11 Å². The molecule has 2 unspecified atom stereocenters. The number of rotatable bonds is 2. The van der Waals surface area contributed by atoms with Crippen LogP contribution in [0, 0.1) is 5.92 Å². The van der Waals surface area contributed by atoms with Crippen LogP contribution in [-0.2, 0) is 16.6 Å². The minimum absolute atomic E-state index is 0.0922. The molecular weight excluding hydrogens is 194 g/mol. The van der Waals surface area contributed by atoms with Crippen LogP contribution in [0.5, 0.6) is 0 Å². The number of carbonyl (C=O) groups excluding carboxylic acids is 1. The molecular formula is C10H15N3O2. The van der Waals surface area contributed by atoms with Crippen molar-refractivity contribution in [3.63, 3.8) is 0 Å². The van der Waals surface area contributed by atoms with Crippen molar-refractivity contribution in [1.82, 2.24) is 14.9 Å². The zero-order valence-corrected chi connectivity index (χ0v) is 8.93. The van der Waals surface area contributed by atoms with Crippen LogP contribution in [0.4, 0.5) is 0 Å². The van der Waals surface area contributed by atoms with Crippen LogP contribution in [0.15, 0.2) is 12.5 Å². The molecule has 2 atom stereocenters. The summed E-state index contributed by atoms with van der Waals surface area (Å²) >= 11 is 0. The molecule has 1 aliphatic heterocycles. The van der Waals surface area contributed by atoms with Crippen LogP contribution in [0.25, 0.3) is 0 Å². The SMILES string of the molecule is COC(=O)C1CNCC1c1cncn1C. The monoisotopic (exact) mass is 209 g/mol. The van der Waals surface area contributed by atoms with Gasteiger partial charge in [-0.1, -0.05) is 0 Å². The minimum atomic E-state index is -0.147. The summed E-state index contributed by atoms with van der Waals surface area (Å²) in [4.78, 5) is 15.6. The van der Waals surface area contributed by atoms with Crippen molar-refractivity contribution in [2.24, 2.45) is 13.0 Å². The number of aryl methyl sites for hydroxylation is 1. The summed E-state index contributed by atoms with van der Waals surface area (Å²) in [6.07, 6.45) is 3.57. The van der Waals surface area contributed by atoms with Crippen LogP contribution >= 0.6 is 0 Å². The molecule has 1 aromatic rings. The van der Waals surface area contributed by atoms with Crippen LogP contribution in [-0.4, -0.2) is 35.7 Å². The average Bonchev–Trinajstić information content (AvgIpc) is 2.84. The maximum Gasteiger partial charge on any atom is 0.310 e. The summed E-state index contributed by atoms with van der Waals surface area (Å²) in [5.41, 5.74) is 1.08. The molecule has 0 amide bonds. The number of nitrogens with one attached hydrogen (secondary N) is 1. The second-order valence-corrected chi connectivity index (χ2v) is 3.82. The highest BCUT2D eigenvalue weighted by Gasteiger charge is 2.36.